The van der Waals surface area contributed by atoms with Crippen LogP contribution in [-0.2, 0) is 27.7 Å². The SMILES string of the molecule is CC(=O)Nc1nnc(S(=O)(=O)Nc2ccc3c4c(cccc24)CC3)s1. The molecule has 25 heavy (non-hydrogen) atoms. The Bertz CT molecular complexity index is 1100. The molecule has 2 aromatic carbocycles. The van der Waals surface area contributed by atoms with Crippen LogP contribution in [0.5, 0.6) is 0 Å². The summed E-state index contributed by atoms with van der Waals surface area (Å²) in [6, 6.07) is 9.65. The molecule has 4 rings (SSSR count). The van der Waals surface area contributed by atoms with E-state index in [2.05, 4.69) is 26.3 Å². The summed E-state index contributed by atoms with van der Waals surface area (Å²) >= 11 is 0.807. The molecule has 1 heterocycles. The summed E-state index contributed by atoms with van der Waals surface area (Å²) in [4.78, 5) is 11.0. The van der Waals surface area contributed by atoms with Gasteiger partial charge in [0.1, 0.15) is 0 Å². The standard InChI is InChI=1S/C16H14N4O3S2/c1-9(21)17-15-18-19-16(24-15)25(22,23)20-13-8-7-11-6-5-10-3-2-4-12(13)14(10)11/h2-4,7-8,20H,5-6H2,1H3,(H,17,18,21). The van der Waals surface area contributed by atoms with Gasteiger partial charge in [0.25, 0.3) is 14.4 Å². The van der Waals surface area contributed by atoms with E-state index in [-0.39, 0.29) is 15.4 Å². The molecule has 9 heteroatoms. The minimum atomic E-state index is -3.88. The molecule has 0 spiro atoms. The van der Waals surface area contributed by atoms with Gasteiger partial charge in [-0.1, -0.05) is 35.6 Å². The Kier molecular flexibility index (Phi) is 3.69. The van der Waals surface area contributed by atoms with Crippen molar-refractivity contribution in [2.75, 3.05) is 10.0 Å². The highest BCUT2D eigenvalue weighted by Crippen LogP contribution is 2.36. The normalized spacial score (nSPS) is 13.2. The van der Waals surface area contributed by atoms with Crippen molar-refractivity contribution >= 4 is 48.9 Å². The van der Waals surface area contributed by atoms with Gasteiger partial charge in [0.15, 0.2) is 0 Å². The molecule has 1 aliphatic rings. The fourth-order valence-corrected chi connectivity index (χ4v) is 5.07. The second kappa shape index (κ2) is 5.78. The molecule has 2 N–H and O–H groups in total. The number of anilines is 2. The maximum absolute atomic E-state index is 12.6. The highest BCUT2D eigenvalue weighted by Gasteiger charge is 2.23. The van der Waals surface area contributed by atoms with Gasteiger partial charge in [0.05, 0.1) is 5.69 Å². The Morgan fingerprint density at radius 1 is 1.12 bits per heavy atom. The number of carbonyl (C=O) groups excluding carboxylic acids is 1. The van der Waals surface area contributed by atoms with Crippen molar-refractivity contribution in [2.24, 2.45) is 0 Å². The van der Waals surface area contributed by atoms with Crippen LogP contribution in [0.1, 0.15) is 18.1 Å². The van der Waals surface area contributed by atoms with Crippen molar-refractivity contribution in [3.8, 4) is 0 Å². The van der Waals surface area contributed by atoms with Gasteiger partial charge in [-0.25, -0.2) is 0 Å². The van der Waals surface area contributed by atoms with Crippen LogP contribution >= 0.6 is 11.3 Å². The molecule has 0 saturated heterocycles. The first-order valence-electron chi connectivity index (χ1n) is 7.61. The maximum Gasteiger partial charge on any atom is 0.291 e. The molecule has 0 fully saturated rings. The topological polar surface area (TPSA) is 101 Å². The maximum atomic E-state index is 12.6. The van der Waals surface area contributed by atoms with Gasteiger partial charge in [0.2, 0.25) is 11.0 Å². The van der Waals surface area contributed by atoms with E-state index in [1.807, 2.05) is 18.2 Å². The van der Waals surface area contributed by atoms with Crippen LogP contribution in [0, 0.1) is 0 Å². The molecular weight excluding hydrogens is 360 g/mol. The molecule has 0 atom stereocenters. The summed E-state index contributed by atoms with van der Waals surface area (Å²) in [5, 5.41) is 11.9. The van der Waals surface area contributed by atoms with Gasteiger partial charge in [-0.3, -0.25) is 9.52 Å². The average Bonchev–Trinajstić information content (AvgIpc) is 3.18. The van der Waals surface area contributed by atoms with Crippen molar-refractivity contribution in [3.63, 3.8) is 0 Å². The van der Waals surface area contributed by atoms with Crippen molar-refractivity contribution in [3.05, 3.63) is 41.5 Å². The Balaban J connectivity index is 1.71. The van der Waals surface area contributed by atoms with Crippen LogP contribution < -0.4 is 10.0 Å². The van der Waals surface area contributed by atoms with Crippen LogP contribution in [0.3, 0.4) is 0 Å². The summed E-state index contributed by atoms with van der Waals surface area (Å²) < 4.78 is 27.6. The molecular formula is C16H14N4O3S2. The van der Waals surface area contributed by atoms with Gasteiger partial charge in [0, 0.05) is 12.3 Å². The van der Waals surface area contributed by atoms with Crippen molar-refractivity contribution in [1.82, 2.24) is 10.2 Å². The summed E-state index contributed by atoms with van der Waals surface area (Å²) in [6.45, 7) is 1.32. The van der Waals surface area contributed by atoms with Crippen LogP contribution in [0.2, 0.25) is 0 Å². The first kappa shape index (κ1) is 16.0. The quantitative estimate of drug-likeness (QED) is 0.684. The van der Waals surface area contributed by atoms with Gasteiger partial charge in [-0.05, 0) is 35.4 Å². The number of hydrogen-bond acceptors (Lipinski definition) is 6. The Hall–Kier alpha value is -2.52. The fraction of sp³-hybridized carbons (Fsp3) is 0.188. The first-order valence-corrected chi connectivity index (χ1v) is 9.91. The number of amides is 1. The smallest absolute Gasteiger partial charge is 0.291 e. The minimum Gasteiger partial charge on any atom is -0.301 e. The highest BCUT2D eigenvalue weighted by atomic mass is 32.2. The molecule has 0 radical (unpaired) electrons. The van der Waals surface area contributed by atoms with E-state index in [1.54, 1.807) is 6.07 Å². The number of carbonyl (C=O) groups is 1. The predicted octanol–water partition coefficient (Wildman–Crippen LogP) is 2.55. The summed E-state index contributed by atoms with van der Waals surface area (Å²) in [6.07, 6.45) is 1.94. The van der Waals surface area contributed by atoms with E-state index in [1.165, 1.54) is 18.1 Å². The largest absolute Gasteiger partial charge is 0.301 e. The molecule has 0 saturated carbocycles. The lowest BCUT2D eigenvalue weighted by atomic mass is 10.0. The number of aryl methyl sites for hydroxylation is 2. The summed E-state index contributed by atoms with van der Waals surface area (Å²) in [5.74, 6) is -0.333. The van der Waals surface area contributed by atoms with Gasteiger partial charge < -0.3 is 5.32 Å². The van der Waals surface area contributed by atoms with Crippen molar-refractivity contribution < 1.29 is 13.2 Å². The molecule has 0 aliphatic heterocycles. The minimum absolute atomic E-state index is 0.147. The number of benzene rings is 2. The van der Waals surface area contributed by atoms with Gasteiger partial charge in [-0.15, -0.1) is 10.2 Å². The highest BCUT2D eigenvalue weighted by molar-refractivity contribution is 7.94. The molecule has 1 aliphatic carbocycles. The van der Waals surface area contributed by atoms with Gasteiger partial charge >= 0.3 is 0 Å². The molecule has 7 nitrogen and oxygen atoms in total. The average molecular weight is 374 g/mol. The zero-order chi connectivity index (χ0) is 17.6. The van der Waals surface area contributed by atoms with Crippen LogP contribution in [0.25, 0.3) is 10.8 Å². The molecule has 1 aromatic heterocycles. The van der Waals surface area contributed by atoms with E-state index in [9.17, 15) is 13.2 Å². The van der Waals surface area contributed by atoms with Crippen molar-refractivity contribution in [2.45, 2.75) is 24.1 Å². The lowest BCUT2D eigenvalue weighted by molar-refractivity contribution is -0.114. The van der Waals surface area contributed by atoms with Crippen LogP contribution in [0.15, 0.2) is 34.7 Å². The van der Waals surface area contributed by atoms with E-state index in [4.69, 9.17) is 0 Å². The summed E-state index contributed by atoms with van der Waals surface area (Å²) in [5.41, 5.74) is 2.98. The number of nitrogens with zero attached hydrogens (tertiary/aromatic N) is 2. The molecule has 0 unspecified atom stereocenters. The molecule has 128 valence electrons. The molecule has 0 bridgehead atoms. The van der Waals surface area contributed by atoms with Gasteiger partial charge in [-0.2, -0.15) is 8.42 Å². The lowest BCUT2D eigenvalue weighted by Crippen LogP contribution is -2.13. The number of nitrogens with one attached hydrogen (secondary N) is 2. The zero-order valence-corrected chi connectivity index (χ0v) is 14.9. The van der Waals surface area contributed by atoms with Crippen LogP contribution in [-0.4, -0.2) is 24.5 Å². The van der Waals surface area contributed by atoms with Crippen LogP contribution in [0.4, 0.5) is 10.8 Å². The summed E-state index contributed by atoms with van der Waals surface area (Å²) in [7, 11) is -3.88. The number of sulfonamides is 1. The zero-order valence-electron chi connectivity index (χ0n) is 13.2. The van der Waals surface area contributed by atoms with Crippen molar-refractivity contribution in [1.29, 1.82) is 0 Å². The lowest BCUT2D eigenvalue weighted by Gasteiger charge is -2.10. The Labute approximate surface area is 148 Å². The number of aromatic nitrogens is 2. The monoisotopic (exact) mass is 374 g/mol. The third kappa shape index (κ3) is 2.85. The van der Waals surface area contributed by atoms with E-state index in [0.29, 0.717) is 5.69 Å². The Morgan fingerprint density at radius 3 is 2.64 bits per heavy atom. The first-order chi connectivity index (χ1) is 11.9. The third-order valence-electron chi connectivity index (χ3n) is 4.04. The molecule has 1 amide bonds. The van der Waals surface area contributed by atoms with E-state index < -0.39 is 10.0 Å². The van der Waals surface area contributed by atoms with E-state index >= 15 is 0 Å². The predicted molar refractivity (Wildman–Crippen MR) is 96.4 cm³/mol. The van der Waals surface area contributed by atoms with E-state index in [0.717, 1.165) is 35.0 Å². The molecule has 3 aromatic rings. The second-order valence-corrected chi connectivity index (χ2v) is 8.61. The number of hydrogen-bond donors (Lipinski definition) is 2. The fourth-order valence-electron chi connectivity index (χ4n) is 3.04. The third-order valence-corrected chi connectivity index (χ3v) is 6.61. The second-order valence-electron chi connectivity index (χ2n) is 5.77. The number of rotatable bonds is 4. The Morgan fingerprint density at radius 2 is 1.88 bits per heavy atom.